The number of nitrogens with zero attached hydrogens (tertiary/aromatic N) is 4. The lowest BCUT2D eigenvalue weighted by Crippen LogP contribution is -2.26. The minimum absolute atomic E-state index is 1.03. The molecule has 0 aliphatic carbocycles. The average molecular weight is 566 g/mol. The van der Waals surface area contributed by atoms with Gasteiger partial charge in [-0.2, -0.15) is 4.57 Å². The highest BCUT2D eigenvalue weighted by Gasteiger charge is 2.05. The van der Waals surface area contributed by atoms with Crippen LogP contribution in [0.3, 0.4) is 0 Å². The SMILES string of the molecule is CN(CCSSCCN(C)c1ccc(/C=C/c2scc[n+]2C)cc1)c1ccc(/C=C/c2nccs2)cc1. The van der Waals surface area contributed by atoms with Crippen LogP contribution in [0.1, 0.15) is 21.1 Å². The minimum Gasteiger partial charge on any atom is -0.374 e. The van der Waals surface area contributed by atoms with Gasteiger partial charge in [-0.15, -0.1) is 11.3 Å². The van der Waals surface area contributed by atoms with E-state index in [1.807, 2.05) is 33.2 Å². The highest BCUT2D eigenvalue weighted by molar-refractivity contribution is 8.76. The second kappa shape index (κ2) is 14.4. The van der Waals surface area contributed by atoms with Crippen LogP contribution >= 0.6 is 44.3 Å². The first-order valence-corrected chi connectivity index (χ1v) is 16.4. The Bertz CT molecular complexity index is 1260. The minimum atomic E-state index is 1.03. The second-order valence-electron chi connectivity index (χ2n) is 8.56. The Morgan fingerprint density at radius 3 is 1.81 bits per heavy atom. The van der Waals surface area contributed by atoms with Crippen molar-refractivity contribution in [3.8, 4) is 0 Å². The van der Waals surface area contributed by atoms with Crippen molar-refractivity contribution in [1.29, 1.82) is 0 Å². The number of hydrogen-bond acceptors (Lipinski definition) is 7. The lowest BCUT2D eigenvalue weighted by molar-refractivity contribution is -0.668. The Morgan fingerprint density at radius 2 is 1.32 bits per heavy atom. The predicted octanol–water partition coefficient (Wildman–Crippen LogP) is 7.32. The van der Waals surface area contributed by atoms with E-state index in [9.17, 15) is 0 Å². The molecule has 0 radical (unpaired) electrons. The molecular formula is C29H33N4S4+. The fraction of sp³-hybridized carbons (Fsp3) is 0.241. The summed E-state index contributed by atoms with van der Waals surface area (Å²) in [5, 5.41) is 6.38. The Balaban J connectivity index is 1.11. The van der Waals surface area contributed by atoms with Crippen molar-refractivity contribution in [3.05, 3.63) is 92.8 Å². The molecule has 0 saturated heterocycles. The number of anilines is 2. The molecule has 0 spiro atoms. The maximum Gasteiger partial charge on any atom is 0.261 e. The maximum absolute atomic E-state index is 4.29. The quantitative estimate of drug-likeness (QED) is 0.0960. The maximum atomic E-state index is 4.29. The van der Waals surface area contributed by atoms with E-state index in [-0.39, 0.29) is 0 Å². The van der Waals surface area contributed by atoms with Crippen molar-refractivity contribution in [3.63, 3.8) is 0 Å². The summed E-state index contributed by atoms with van der Waals surface area (Å²) in [4.78, 5) is 8.94. The van der Waals surface area contributed by atoms with E-state index in [1.54, 1.807) is 22.7 Å². The van der Waals surface area contributed by atoms with Crippen LogP contribution in [-0.2, 0) is 7.05 Å². The number of hydrogen-bond donors (Lipinski definition) is 0. The molecule has 2 aromatic carbocycles. The van der Waals surface area contributed by atoms with Gasteiger partial charge in [0, 0.05) is 67.7 Å². The zero-order valence-electron chi connectivity index (χ0n) is 21.5. The van der Waals surface area contributed by atoms with Gasteiger partial charge in [0.2, 0.25) is 0 Å². The molecule has 4 rings (SSSR count). The van der Waals surface area contributed by atoms with E-state index >= 15 is 0 Å². The van der Waals surface area contributed by atoms with Gasteiger partial charge >= 0.3 is 0 Å². The van der Waals surface area contributed by atoms with Crippen LogP contribution in [0.4, 0.5) is 11.4 Å². The third-order valence-electron chi connectivity index (χ3n) is 5.88. The van der Waals surface area contributed by atoms with Crippen LogP contribution in [0.2, 0.25) is 0 Å². The molecule has 0 unspecified atom stereocenters. The first-order chi connectivity index (χ1) is 18.1. The second-order valence-corrected chi connectivity index (χ2v) is 13.1. The average Bonchev–Trinajstić information content (AvgIpc) is 3.60. The number of aromatic nitrogens is 2. The van der Waals surface area contributed by atoms with Crippen molar-refractivity contribution in [1.82, 2.24) is 4.98 Å². The van der Waals surface area contributed by atoms with E-state index in [0.29, 0.717) is 0 Å². The summed E-state index contributed by atoms with van der Waals surface area (Å²) in [6, 6.07) is 17.5. The summed E-state index contributed by atoms with van der Waals surface area (Å²) in [7, 11) is 10.3. The lowest BCUT2D eigenvalue weighted by Gasteiger charge is -2.20. The number of thiazole rings is 2. The monoisotopic (exact) mass is 565 g/mol. The highest BCUT2D eigenvalue weighted by atomic mass is 33.1. The van der Waals surface area contributed by atoms with Gasteiger partial charge in [-0.3, -0.25) is 0 Å². The topological polar surface area (TPSA) is 23.2 Å². The predicted molar refractivity (Wildman–Crippen MR) is 170 cm³/mol. The molecule has 0 bridgehead atoms. The van der Waals surface area contributed by atoms with Crippen LogP contribution < -0.4 is 14.4 Å². The molecular weight excluding hydrogens is 533 g/mol. The van der Waals surface area contributed by atoms with E-state index in [2.05, 4.69) is 125 Å². The van der Waals surface area contributed by atoms with Gasteiger partial charge in [0.25, 0.3) is 5.01 Å². The standard InChI is InChI=1S/C29H33N4S4/c1-31(26-10-4-24(5-11-26)8-14-28-30-16-20-34-28)18-22-36-37-23-19-32(2)27-12-6-25(7-13-27)9-15-29-33(3)17-21-35-29/h4-17,20-21H,18-19,22-23H2,1-3H3/q+1/b14-8+. The molecule has 4 nitrogen and oxygen atoms in total. The fourth-order valence-corrected chi connectivity index (χ4v) is 6.93. The first-order valence-electron chi connectivity index (χ1n) is 12.1. The van der Waals surface area contributed by atoms with Crippen molar-refractivity contribution < 1.29 is 4.57 Å². The van der Waals surface area contributed by atoms with Crippen LogP contribution in [0.25, 0.3) is 24.3 Å². The molecule has 192 valence electrons. The molecule has 37 heavy (non-hydrogen) atoms. The molecule has 0 aliphatic heterocycles. The zero-order chi connectivity index (χ0) is 25.9. The number of benzene rings is 2. The summed E-state index contributed by atoms with van der Waals surface area (Å²) in [6.45, 7) is 2.06. The molecule has 0 atom stereocenters. The third-order valence-corrected chi connectivity index (χ3v) is 9.91. The molecule has 4 aromatic rings. The normalized spacial score (nSPS) is 11.5. The molecule has 0 saturated carbocycles. The molecule has 0 fully saturated rings. The van der Waals surface area contributed by atoms with Gasteiger partial charge in [0.15, 0.2) is 6.20 Å². The zero-order valence-corrected chi connectivity index (χ0v) is 24.8. The van der Waals surface area contributed by atoms with Gasteiger partial charge in [0.05, 0.1) is 5.38 Å². The third kappa shape index (κ3) is 8.78. The Hall–Kier alpha value is -2.52. The van der Waals surface area contributed by atoms with Crippen molar-refractivity contribution in [2.75, 3.05) is 48.5 Å². The summed E-state index contributed by atoms with van der Waals surface area (Å²) in [5.74, 6) is 2.20. The molecule has 8 heteroatoms. The molecule has 0 aliphatic rings. The largest absolute Gasteiger partial charge is 0.374 e. The summed E-state index contributed by atoms with van der Waals surface area (Å²) in [6.07, 6.45) is 12.4. The summed E-state index contributed by atoms with van der Waals surface area (Å²) in [5.41, 5.74) is 4.93. The number of rotatable bonds is 13. The van der Waals surface area contributed by atoms with Gasteiger partial charge in [-0.05, 0) is 47.5 Å². The lowest BCUT2D eigenvalue weighted by atomic mass is 10.2. The Morgan fingerprint density at radius 1 is 0.757 bits per heavy atom. The van der Waals surface area contributed by atoms with E-state index in [4.69, 9.17) is 0 Å². The van der Waals surface area contributed by atoms with Crippen LogP contribution in [0.5, 0.6) is 0 Å². The van der Waals surface area contributed by atoms with Crippen LogP contribution in [0.15, 0.2) is 71.7 Å². The van der Waals surface area contributed by atoms with E-state index in [1.165, 1.54) is 27.5 Å². The first kappa shape index (κ1) is 27.5. The van der Waals surface area contributed by atoms with Crippen LogP contribution in [0, 0.1) is 0 Å². The van der Waals surface area contributed by atoms with Gasteiger partial charge in [-0.1, -0.05) is 63.3 Å². The smallest absolute Gasteiger partial charge is 0.261 e. The van der Waals surface area contributed by atoms with E-state index < -0.39 is 0 Å². The van der Waals surface area contributed by atoms with E-state index in [0.717, 1.165) is 29.6 Å². The molecule has 0 N–H and O–H groups in total. The fourth-order valence-electron chi connectivity index (χ4n) is 3.56. The molecule has 2 aromatic heterocycles. The van der Waals surface area contributed by atoms with Gasteiger partial charge in [-0.25, -0.2) is 4.98 Å². The number of aryl methyl sites for hydroxylation is 1. The molecule has 2 heterocycles. The summed E-state index contributed by atoms with van der Waals surface area (Å²) >= 11 is 3.40. The van der Waals surface area contributed by atoms with Crippen LogP contribution in [-0.4, -0.2) is 43.7 Å². The highest BCUT2D eigenvalue weighted by Crippen LogP contribution is 2.24. The van der Waals surface area contributed by atoms with Gasteiger partial charge < -0.3 is 9.80 Å². The Kier molecular flexibility index (Phi) is 10.7. The Labute approximate surface area is 236 Å². The van der Waals surface area contributed by atoms with Crippen molar-refractivity contribution in [2.24, 2.45) is 7.05 Å². The van der Waals surface area contributed by atoms with Gasteiger partial charge in [0.1, 0.15) is 12.1 Å². The molecule has 0 amide bonds. The van der Waals surface area contributed by atoms with Crippen molar-refractivity contribution >= 4 is 79.9 Å². The summed E-state index contributed by atoms with van der Waals surface area (Å²) < 4.78 is 2.14. The van der Waals surface area contributed by atoms with Crippen molar-refractivity contribution in [2.45, 2.75) is 0 Å².